The molecule has 1 aliphatic rings. The van der Waals surface area contributed by atoms with Crippen molar-refractivity contribution in [3.8, 4) is 33.7 Å². The summed E-state index contributed by atoms with van der Waals surface area (Å²) in [5, 5.41) is 12.0. The van der Waals surface area contributed by atoms with Crippen molar-refractivity contribution in [1.29, 1.82) is 0 Å². The highest BCUT2D eigenvalue weighted by molar-refractivity contribution is 7.13. The van der Waals surface area contributed by atoms with Crippen molar-refractivity contribution < 1.29 is 14.6 Å². The molecule has 9 heteroatoms. The van der Waals surface area contributed by atoms with E-state index in [1.165, 1.54) is 7.11 Å². The van der Waals surface area contributed by atoms with Gasteiger partial charge in [-0.15, -0.1) is 11.3 Å². The molecular formula is C19H21N5O3S. The molecule has 146 valence electrons. The molecule has 0 unspecified atom stereocenters. The van der Waals surface area contributed by atoms with Crippen LogP contribution in [0, 0.1) is 0 Å². The second kappa shape index (κ2) is 8.07. The molecule has 3 aromatic rings. The summed E-state index contributed by atoms with van der Waals surface area (Å²) < 4.78 is 10.5. The van der Waals surface area contributed by atoms with E-state index >= 15 is 0 Å². The Morgan fingerprint density at radius 3 is 2.82 bits per heavy atom. The molecule has 0 saturated carbocycles. The fraction of sp³-hybridized carbons (Fsp3) is 0.368. The van der Waals surface area contributed by atoms with Crippen molar-refractivity contribution in [2.75, 3.05) is 32.2 Å². The van der Waals surface area contributed by atoms with Gasteiger partial charge in [-0.25, -0.2) is 9.97 Å². The number of rotatable bonds is 5. The monoisotopic (exact) mass is 399 g/mol. The smallest absolute Gasteiger partial charge is 0.320 e. The molecule has 0 spiro atoms. The van der Waals surface area contributed by atoms with Crippen LogP contribution in [0.3, 0.4) is 0 Å². The van der Waals surface area contributed by atoms with E-state index < -0.39 is 0 Å². The van der Waals surface area contributed by atoms with Gasteiger partial charge in [-0.05, 0) is 24.3 Å². The van der Waals surface area contributed by atoms with E-state index in [9.17, 15) is 5.11 Å². The number of thiophene rings is 1. The van der Waals surface area contributed by atoms with E-state index in [0.29, 0.717) is 24.1 Å². The number of piperidine rings is 1. The Hall–Kier alpha value is -2.78. The summed E-state index contributed by atoms with van der Waals surface area (Å²) in [7, 11) is 3.06. The zero-order valence-electron chi connectivity index (χ0n) is 15.7. The Morgan fingerprint density at radius 2 is 2.11 bits per heavy atom. The summed E-state index contributed by atoms with van der Waals surface area (Å²) >= 11 is 1.60. The largest absolute Gasteiger partial charge is 0.481 e. The summed E-state index contributed by atoms with van der Waals surface area (Å²) in [4.78, 5) is 21.0. The molecule has 1 saturated heterocycles. The summed E-state index contributed by atoms with van der Waals surface area (Å²) in [6, 6.07) is 5.95. The van der Waals surface area contributed by atoms with Gasteiger partial charge in [-0.3, -0.25) is 0 Å². The number of aliphatic hydroxyl groups is 1. The van der Waals surface area contributed by atoms with Crippen molar-refractivity contribution in [1.82, 2.24) is 19.9 Å². The first-order valence-corrected chi connectivity index (χ1v) is 9.87. The van der Waals surface area contributed by atoms with Crippen LogP contribution >= 0.6 is 11.3 Å². The molecule has 0 radical (unpaired) electrons. The summed E-state index contributed by atoms with van der Waals surface area (Å²) in [5.41, 5.74) is 2.17. The minimum atomic E-state index is -0.349. The molecule has 1 N–H and O–H groups in total. The van der Waals surface area contributed by atoms with Crippen molar-refractivity contribution in [2.24, 2.45) is 0 Å². The molecule has 0 aliphatic carbocycles. The predicted octanol–water partition coefficient (Wildman–Crippen LogP) is 2.64. The first-order valence-electron chi connectivity index (χ1n) is 8.99. The third kappa shape index (κ3) is 3.76. The number of hydrogen-bond acceptors (Lipinski definition) is 9. The number of β-amino-alcohol motifs (C(OH)–C–C–N with tert-alkyl or cyclic N) is 1. The van der Waals surface area contributed by atoms with Gasteiger partial charge in [0.25, 0.3) is 0 Å². The number of methoxy groups -OCH3 is 2. The van der Waals surface area contributed by atoms with Crippen molar-refractivity contribution in [3.05, 3.63) is 29.8 Å². The van der Waals surface area contributed by atoms with E-state index in [1.807, 2.05) is 22.4 Å². The minimum absolute atomic E-state index is 0.217. The fourth-order valence-corrected chi connectivity index (χ4v) is 3.92. The molecule has 1 aliphatic heterocycles. The Balaban J connectivity index is 1.81. The molecule has 28 heavy (non-hydrogen) atoms. The average Bonchev–Trinajstić information content (AvgIpc) is 3.27. The molecule has 3 aromatic heterocycles. The topological polar surface area (TPSA) is 93.5 Å². The number of anilines is 1. The van der Waals surface area contributed by atoms with Crippen LogP contribution in [0.1, 0.15) is 12.8 Å². The maximum atomic E-state index is 10.0. The third-order valence-corrected chi connectivity index (χ3v) is 5.44. The first-order chi connectivity index (χ1) is 13.7. The maximum Gasteiger partial charge on any atom is 0.320 e. The third-order valence-electron chi connectivity index (χ3n) is 4.56. The van der Waals surface area contributed by atoms with Crippen molar-refractivity contribution >= 4 is 17.3 Å². The Kier molecular flexibility index (Phi) is 5.36. The maximum absolute atomic E-state index is 10.0. The van der Waals surface area contributed by atoms with E-state index in [1.54, 1.807) is 30.7 Å². The fourth-order valence-electron chi connectivity index (χ4n) is 3.19. The van der Waals surface area contributed by atoms with Crippen LogP contribution in [-0.2, 0) is 0 Å². The highest BCUT2D eigenvalue weighted by Crippen LogP contribution is 2.35. The molecule has 0 amide bonds. The quantitative estimate of drug-likeness (QED) is 0.700. The highest BCUT2D eigenvalue weighted by Gasteiger charge is 2.22. The molecule has 4 rings (SSSR count). The van der Waals surface area contributed by atoms with Crippen molar-refractivity contribution in [2.45, 2.75) is 18.9 Å². The van der Waals surface area contributed by atoms with Crippen LogP contribution in [0.15, 0.2) is 29.8 Å². The number of aromatic nitrogens is 4. The Bertz CT molecular complexity index is 928. The van der Waals surface area contributed by atoms with Gasteiger partial charge < -0.3 is 19.5 Å². The van der Waals surface area contributed by atoms with Crippen LogP contribution < -0.4 is 14.4 Å². The minimum Gasteiger partial charge on any atom is -0.481 e. The summed E-state index contributed by atoms with van der Waals surface area (Å²) in [5.74, 6) is 1.01. The lowest BCUT2D eigenvalue weighted by atomic mass is 10.1. The van der Waals surface area contributed by atoms with Crippen LogP contribution in [0.25, 0.3) is 21.8 Å². The van der Waals surface area contributed by atoms with Crippen LogP contribution in [0.4, 0.5) is 5.95 Å². The van der Waals surface area contributed by atoms with Gasteiger partial charge in [-0.2, -0.15) is 9.97 Å². The SMILES string of the molecule is COc1cc(-c2cnc(N3CCC[C@@H](O)C3)nc2-c2cccs2)nc(OC)n1. The Morgan fingerprint density at radius 1 is 1.21 bits per heavy atom. The van der Waals surface area contributed by atoms with Gasteiger partial charge in [-0.1, -0.05) is 6.07 Å². The van der Waals surface area contributed by atoms with Crippen LogP contribution in [-0.4, -0.2) is 58.5 Å². The summed E-state index contributed by atoms with van der Waals surface area (Å²) in [6.07, 6.45) is 3.14. The standard InChI is InChI=1S/C19H21N5O3S/c1-26-16-9-14(21-19(22-16)27-2)13-10-20-18(24-7-3-5-12(25)11-24)23-17(13)15-6-4-8-28-15/h4,6,8-10,12,25H,3,5,7,11H2,1-2H3/t12-/m1/s1. The normalized spacial score (nSPS) is 16.8. The molecule has 1 atom stereocenters. The van der Waals surface area contributed by atoms with Crippen LogP contribution in [0.5, 0.6) is 11.9 Å². The predicted molar refractivity (Wildman–Crippen MR) is 107 cm³/mol. The van der Waals surface area contributed by atoms with Gasteiger partial charge in [0.05, 0.1) is 36.6 Å². The summed E-state index contributed by atoms with van der Waals surface area (Å²) in [6.45, 7) is 1.37. The average molecular weight is 399 g/mol. The lowest BCUT2D eigenvalue weighted by Gasteiger charge is -2.30. The van der Waals surface area contributed by atoms with Gasteiger partial charge in [0, 0.05) is 30.9 Å². The second-order valence-corrected chi connectivity index (χ2v) is 7.38. The molecule has 0 bridgehead atoms. The zero-order valence-corrected chi connectivity index (χ0v) is 16.5. The second-order valence-electron chi connectivity index (χ2n) is 6.43. The Labute approximate surface area is 166 Å². The van der Waals surface area contributed by atoms with Gasteiger partial charge in [0.2, 0.25) is 11.8 Å². The van der Waals surface area contributed by atoms with Crippen molar-refractivity contribution in [3.63, 3.8) is 0 Å². The first kappa shape index (κ1) is 18.6. The van der Waals surface area contributed by atoms with E-state index in [4.69, 9.17) is 14.5 Å². The molecule has 4 heterocycles. The van der Waals surface area contributed by atoms with Gasteiger partial charge in [0.15, 0.2) is 0 Å². The molecule has 8 nitrogen and oxygen atoms in total. The zero-order chi connectivity index (χ0) is 19.5. The number of hydrogen-bond donors (Lipinski definition) is 1. The molecule has 0 aromatic carbocycles. The van der Waals surface area contributed by atoms with Gasteiger partial charge >= 0.3 is 6.01 Å². The van der Waals surface area contributed by atoms with E-state index in [0.717, 1.165) is 35.5 Å². The number of ether oxygens (including phenoxy) is 2. The van der Waals surface area contributed by atoms with Crippen LogP contribution in [0.2, 0.25) is 0 Å². The van der Waals surface area contributed by atoms with Gasteiger partial charge in [0.1, 0.15) is 0 Å². The lowest BCUT2D eigenvalue weighted by molar-refractivity contribution is 0.153. The van der Waals surface area contributed by atoms with E-state index in [-0.39, 0.29) is 12.1 Å². The highest BCUT2D eigenvalue weighted by atomic mass is 32.1. The number of nitrogens with zero attached hydrogens (tertiary/aromatic N) is 5. The number of aliphatic hydroxyl groups excluding tert-OH is 1. The molecule has 1 fully saturated rings. The lowest BCUT2D eigenvalue weighted by Crippen LogP contribution is -2.39. The molecular weight excluding hydrogens is 378 g/mol. The van der Waals surface area contributed by atoms with E-state index in [2.05, 4.69) is 15.0 Å².